The summed E-state index contributed by atoms with van der Waals surface area (Å²) < 4.78 is 12.1. The van der Waals surface area contributed by atoms with Crippen molar-refractivity contribution in [3.63, 3.8) is 0 Å². The van der Waals surface area contributed by atoms with Crippen LogP contribution >= 0.6 is 0 Å². The maximum Gasteiger partial charge on any atom is 0.303 e. The van der Waals surface area contributed by atoms with Crippen LogP contribution < -0.4 is 10.1 Å². The van der Waals surface area contributed by atoms with Crippen molar-refractivity contribution in [2.24, 2.45) is 5.92 Å². The highest BCUT2D eigenvalue weighted by Crippen LogP contribution is 2.32. The van der Waals surface area contributed by atoms with Crippen LogP contribution in [0, 0.1) is 19.8 Å². The molecule has 194 valence electrons. The van der Waals surface area contributed by atoms with Crippen molar-refractivity contribution in [1.29, 1.82) is 0 Å². The first-order valence-electron chi connectivity index (χ1n) is 13.0. The number of carbonyl (C=O) groups is 2. The Morgan fingerprint density at radius 1 is 1.19 bits per heavy atom. The van der Waals surface area contributed by atoms with E-state index in [9.17, 15) is 9.59 Å². The van der Waals surface area contributed by atoms with Gasteiger partial charge in [0.15, 0.2) is 0 Å². The third-order valence-corrected chi connectivity index (χ3v) is 6.84. The van der Waals surface area contributed by atoms with Crippen molar-refractivity contribution in [3.8, 4) is 5.75 Å². The van der Waals surface area contributed by atoms with Crippen molar-refractivity contribution < 1.29 is 24.2 Å². The number of rotatable bonds is 12. The van der Waals surface area contributed by atoms with Gasteiger partial charge in [-0.3, -0.25) is 9.59 Å². The van der Waals surface area contributed by atoms with E-state index in [0.717, 1.165) is 48.2 Å². The molecule has 0 saturated carbocycles. The lowest BCUT2D eigenvalue weighted by atomic mass is 9.91. The summed E-state index contributed by atoms with van der Waals surface area (Å²) >= 11 is 0. The van der Waals surface area contributed by atoms with Gasteiger partial charge in [0.05, 0.1) is 12.2 Å². The molecule has 2 aliphatic rings. The summed E-state index contributed by atoms with van der Waals surface area (Å²) in [4.78, 5) is 23.8. The summed E-state index contributed by atoms with van der Waals surface area (Å²) in [7, 11) is 0. The summed E-state index contributed by atoms with van der Waals surface area (Å²) in [6, 6.07) is 3.82. The zero-order valence-corrected chi connectivity index (χ0v) is 21.9. The van der Waals surface area contributed by atoms with E-state index < -0.39 is 5.97 Å². The minimum atomic E-state index is -0.856. The minimum absolute atomic E-state index is 0.0393. The molecule has 2 aliphatic carbocycles. The third-order valence-electron chi connectivity index (χ3n) is 6.84. The van der Waals surface area contributed by atoms with Crippen molar-refractivity contribution in [3.05, 3.63) is 70.5 Å². The Balaban J connectivity index is 1.64. The normalized spacial score (nSPS) is 18.0. The van der Waals surface area contributed by atoms with Crippen LogP contribution in [-0.4, -0.2) is 29.7 Å². The van der Waals surface area contributed by atoms with Crippen molar-refractivity contribution in [1.82, 2.24) is 0 Å². The van der Waals surface area contributed by atoms with Gasteiger partial charge in [0.2, 0.25) is 0 Å². The van der Waals surface area contributed by atoms with Crippen LogP contribution in [0.2, 0.25) is 0 Å². The molecule has 36 heavy (non-hydrogen) atoms. The van der Waals surface area contributed by atoms with Crippen LogP contribution in [0.25, 0.3) is 0 Å². The number of anilines is 1. The average molecular weight is 494 g/mol. The third kappa shape index (κ3) is 7.36. The Kier molecular flexibility index (Phi) is 9.97. The number of aliphatic carboxylic acids is 1. The second kappa shape index (κ2) is 13.1. The van der Waals surface area contributed by atoms with Gasteiger partial charge in [-0.15, -0.1) is 0 Å². The first kappa shape index (κ1) is 27.3. The molecule has 0 spiro atoms. The quantitative estimate of drug-likeness (QED) is 0.313. The number of hydrogen-bond donors (Lipinski definition) is 2. The Bertz CT molecular complexity index is 1080. The highest BCUT2D eigenvalue weighted by atomic mass is 16.5. The molecule has 2 unspecified atom stereocenters. The van der Waals surface area contributed by atoms with Crippen LogP contribution in [0.15, 0.2) is 59.4 Å². The molecule has 2 atom stereocenters. The SMILES string of the molecule is CCCC1=CCC(C(C)Oc2ccc(NC(=O)C3=C(OCCCC(=O)O)C=CCC3)c(C)c2C)C=C1. The fourth-order valence-electron chi connectivity index (χ4n) is 4.46. The van der Waals surface area contributed by atoms with Gasteiger partial charge in [-0.1, -0.05) is 43.2 Å². The van der Waals surface area contributed by atoms with Gasteiger partial charge in [0, 0.05) is 18.0 Å². The molecular weight excluding hydrogens is 454 g/mol. The fourth-order valence-corrected chi connectivity index (χ4v) is 4.46. The average Bonchev–Trinajstić information content (AvgIpc) is 2.87. The highest BCUT2D eigenvalue weighted by molar-refractivity contribution is 6.05. The minimum Gasteiger partial charge on any atom is -0.493 e. The predicted molar refractivity (Wildman–Crippen MR) is 143 cm³/mol. The molecule has 1 aromatic carbocycles. The molecule has 3 rings (SSSR count). The van der Waals surface area contributed by atoms with Crippen LogP contribution in [-0.2, 0) is 14.3 Å². The van der Waals surface area contributed by atoms with Crippen molar-refractivity contribution in [2.45, 2.75) is 78.7 Å². The van der Waals surface area contributed by atoms with Crippen LogP contribution in [0.5, 0.6) is 5.75 Å². The summed E-state index contributed by atoms with van der Waals surface area (Å²) in [6.07, 6.45) is 15.7. The molecular formula is C30H39NO5. The lowest BCUT2D eigenvalue weighted by Gasteiger charge is -2.26. The van der Waals surface area contributed by atoms with Gasteiger partial charge in [-0.05, 0) is 82.2 Å². The molecule has 0 radical (unpaired) electrons. The first-order chi connectivity index (χ1) is 17.3. The summed E-state index contributed by atoms with van der Waals surface area (Å²) in [6.45, 7) is 8.57. The number of carboxylic acid groups (broad SMARTS) is 1. The number of ether oxygens (including phenoxy) is 2. The molecule has 0 aromatic heterocycles. The van der Waals surface area contributed by atoms with E-state index in [-0.39, 0.29) is 25.0 Å². The lowest BCUT2D eigenvalue weighted by molar-refractivity contribution is -0.137. The number of benzene rings is 1. The second-order valence-corrected chi connectivity index (χ2v) is 9.56. The van der Waals surface area contributed by atoms with E-state index in [1.807, 2.05) is 32.1 Å². The molecule has 0 heterocycles. The van der Waals surface area contributed by atoms with E-state index >= 15 is 0 Å². The smallest absolute Gasteiger partial charge is 0.303 e. The van der Waals surface area contributed by atoms with Gasteiger partial charge in [0.1, 0.15) is 17.6 Å². The molecule has 6 nitrogen and oxygen atoms in total. The number of carboxylic acids is 1. The van der Waals surface area contributed by atoms with Gasteiger partial charge in [-0.2, -0.15) is 0 Å². The van der Waals surface area contributed by atoms with Crippen LogP contribution in [0.4, 0.5) is 5.69 Å². The topological polar surface area (TPSA) is 84.9 Å². The Hall–Kier alpha value is -3.28. The number of carbonyl (C=O) groups excluding carboxylic acids is 1. The maximum atomic E-state index is 13.1. The van der Waals surface area contributed by atoms with Crippen LogP contribution in [0.1, 0.15) is 69.9 Å². The molecule has 1 amide bonds. The van der Waals surface area contributed by atoms with Crippen LogP contribution in [0.3, 0.4) is 0 Å². The van der Waals surface area contributed by atoms with E-state index in [4.69, 9.17) is 14.6 Å². The number of nitrogens with one attached hydrogen (secondary N) is 1. The van der Waals surface area contributed by atoms with Crippen molar-refractivity contribution >= 4 is 17.6 Å². The predicted octanol–water partition coefficient (Wildman–Crippen LogP) is 6.80. The molecule has 0 fully saturated rings. The van der Waals surface area contributed by atoms with E-state index in [0.29, 0.717) is 30.1 Å². The molecule has 1 aromatic rings. The maximum absolute atomic E-state index is 13.1. The van der Waals surface area contributed by atoms with E-state index in [2.05, 4.69) is 37.4 Å². The molecule has 0 aliphatic heterocycles. The van der Waals surface area contributed by atoms with Gasteiger partial charge >= 0.3 is 5.97 Å². The zero-order valence-electron chi connectivity index (χ0n) is 21.9. The summed E-state index contributed by atoms with van der Waals surface area (Å²) in [5.74, 6) is 0.635. The number of amides is 1. The lowest BCUT2D eigenvalue weighted by Crippen LogP contribution is -2.23. The Morgan fingerprint density at radius 2 is 2.00 bits per heavy atom. The summed E-state index contributed by atoms with van der Waals surface area (Å²) in [5, 5.41) is 11.8. The summed E-state index contributed by atoms with van der Waals surface area (Å²) in [5.41, 5.74) is 4.70. The Labute approximate surface area is 214 Å². The number of allylic oxidation sites excluding steroid dienone is 5. The van der Waals surface area contributed by atoms with E-state index in [1.54, 1.807) is 6.08 Å². The number of hydrogen-bond acceptors (Lipinski definition) is 4. The zero-order chi connectivity index (χ0) is 26.1. The largest absolute Gasteiger partial charge is 0.493 e. The van der Waals surface area contributed by atoms with Gasteiger partial charge in [-0.25, -0.2) is 0 Å². The highest BCUT2D eigenvalue weighted by Gasteiger charge is 2.21. The fraction of sp³-hybridized carbons (Fsp3) is 0.467. The molecule has 6 heteroatoms. The second-order valence-electron chi connectivity index (χ2n) is 9.56. The molecule has 0 saturated heterocycles. The van der Waals surface area contributed by atoms with Crippen molar-refractivity contribution in [2.75, 3.05) is 11.9 Å². The first-order valence-corrected chi connectivity index (χ1v) is 13.0. The molecule has 2 N–H and O–H groups in total. The van der Waals surface area contributed by atoms with Gasteiger partial charge < -0.3 is 19.9 Å². The van der Waals surface area contributed by atoms with Gasteiger partial charge in [0.25, 0.3) is 5.91 Å². The van der Waals surface area contributed by atoms with E-state index in [1.165, 1.54) is 5.57 Å². The monoisotopic (exact) mass is 493 g/mol. The molecule has 0 bridgehead atoms. The standard InChI is InChI=1S/C30H39NO5/c1-5-9-23-13-15-24(16-14-23)22(4)36-27-18-17-26(20(2)21(27)3)31-30(34)25-10-6-7-11-28(25)35-19-8-12-29(32)33/h7,11,13-15,17-18,22,24H,5-6,8-10,12,16,19H2,1-4H3,(H,31,34)(H,32,33). The Morgan fingerprint density at radius 3 is 2.69 bits per heavy atom.